The van der Waals surface area contributed by atoms with Gasteiger partial charge in [-0.1, -0.05) is 229 Å². The molecule has 0 aliphatic heterocycles. The lowest BCUT2D eigenvalue weighted by Gasteiger charge is -2.16. The van der Waals surface area contributed by atoms with Gasteiger partial charge in [-0.3, -0.25) is 9.59 Å². The van der Waals surface area contributed by atoms with E-state index in [-0.39, 0.29) is 11.6 Å². The molecule has 0 aromatic heterocycles. The van der Waals surface area contributed by atoms with Crippen molar-refractivity contribution in [1.82, 2.24) is 0 Å². The monoisotopic (exact) mass is 1230 g/mol. The predicted molar refractivity (Wildman–Crippen MR) is 394 cm³/mol. The van der Waals surface area contributed by atoms with Gasteiger partial charge in [-0.25, -0.2) is 0 Å². The summed E-state index contributed by atoms with van der Waals surface area (Å²) >= 11 is 0. The van der Waals surface area contributed by atoms with E-state index in [1.807, 2.05) is 315 Å². The van der Waals surface area contributed by atoms with Crippen molar-refractivity contribution in [3.8, 4) is 83.6 Å². The Morgan fingerprint density at radius 1 is 0.186 bits per heavy atom. The first-order valence-electron chi connectivity index (χ1n) is 31.6. The molecule has 0 saturated carbocycles. The second-order valence-corrected chi connectivity index (χ2v) is 23.0. The van der Waals surface area contributed by atoms with Crippen LogP contribution in [0.15, 0.2) is 315 Å². The molecule has 3 heteroatoms. The number of allylic oxidation sites excluding steroid dienone is 8. The van der Waals surface area contributed by atoms with Gasteiger partial charge in [0.1, 0.15) is 11.5 Å². The van der Waals surface area contributed by atoms with Crippen LogP contribution in [0.1, 0.15) is 100 Å². The maximum Gasteiger partial charge on any atom is 0.195 e. The number of hydrogen-bond acceptors (Lipinski definition) is 3. The van der Waals surface area contributed by atoms with Gasteiger partial charge in [0.25, 0.3) is 0 Å². The molecule has 12 aromatic rings. The van der Waals surface area contributed by atoms with Crippen LogP contribution in [0.5, 0.6) is 11.5 Å². The molecule has 12 aromatic carbocycles. The molecule has 0 amide bonds. The summed E-state index contributed by atoms with van der Waals surface area (Å²) < 4.78 is 6.71. The molecule has 97 heavy (non-hydrogen) atoms. The van der Waals surface area contributed by atoms with Crippen molar-refractivity contribution in [2.45, 2.75) is 0 Å². The zero-order valence-corrected chi connectivity index (χ0v) is 52.4. The van der Waals surface area contributed by atoms with Crippen LogP contribution in [0.3, 0.4) is 0 Å². The molecule has 14 rings (SSSR count). The van der Waals surface area contributed by atoms with E-state index < -0.39 is 0 Å². The third kappa shape index (κ3) is 13.4. The Bertz CT molecular complexity index is 5160. The zero-order chi connectivity index (χ0) is 65.9. The lowest BCUT2D eigenvalue weighted by molar-refractivity contribution is -0.109. The molecule has 0 unspecified atom stereocenters. The quantitative estimate of drug-likeness (QED) is 0.128. The number of benzene rings is 12. The van der Waals surface area contributed by atoms with E-state index in [0.29, 0.717) is 33.8 Å². The molecule has 0 N–H and O–H groups in total. The first kappa shape index (κ1) is 60.7. The Morgan fingerprint density at radius 2 is 0.351 bits per heavy atom. The predicted octanol–water partition coefficient (Wildman–Crippen LogP) is 19.2. The van der Waals surface area contributed by atoms with E-state index in [9.17, 15) is 0 Å². The van der Waals surface area contributed by atoms with Crippen molar-refractivity contribution in [3.05, 3.63) is 416 Å². The molecule has 0 atom stereocenters. The third-order valence-electron chi connectivity index (χ3n) is 16.8. The largest absolute Gasteiger partial charge is 0.457 e. The van der Waals surface area contributed by atoms with E-state index in [0.717, 1.165) is 122 Å². The van der Waals surface area contributed by atoms with Gasteiger partial charge < -0.3 is 4.74 Å². The molecule has 0 heterocycles. The van der Waals surface area contributed by atoms with Crippen LogP contribution < -0.4 is 4.74 Å². The molecule has 0 spiro atoms. The highest BCUT2D eigenvalue weighted by Gasteiger charge is 2.37. The molecule has 0 radical (unpaired) electrons. The van der Waals surface area contributed by atoms with Gasteiger partial charge in [0.15, 0.2) is 11.6 Å². The molecule has 0 bridgehead atoms. The van der Waals surface area contributed by atoms with Crippen LogP contribution in [-0.4, -0.2) is 11.6 Å². The molecule has 2 aliphatic rings. The lowest BCUT2D eigenvalue weighted by atomic mass is 9.88. The summed E-state index contributed by atoms with van der Waals surface area (Å²) in [4.78, 5) is 31.3. The highest BCUT2D eigenvalue weighted by Crippen LogP contribution is 2.52. The van der Waals surface area contributed by atoms with Crippen molar-refractivity contribution in [3.63, 3.8) is 0 Å². The molecule has 3 nitrogen and oxygen atoms in total. The van der Waals surface area contributed by atoms with Crippen LogP contribution >= 0.6 is 0 Å². The molecule has 0 fully saturated rings. The molecule has 0 saturated heterocycles. The number of ketones is 2. The van der Waals surface area contributed by atoms with Crippen molar-refractivity contribution in [2.75, 3.05) is 0 Å². The Hall–Kier alpha value is -13.9. The van der Waals surface area contributed by atoms with E-state index in [1.165, 1.54) is 0 Å². The maximum atomic E-state index is 15.6. The van der Waals surface area contributed by atoms with Crippen LogP contribution in [0.2, 0.25) is 0 Å². The van der Waals surface area contributed by atoms with Crippen LogP contribution in [0.4, 0.5) is 0 Å². The summed E-state index contributed by atoms with van der Waals surface area (Å²) in [5, 5.41) is 0. The van der Waals surface area contributed by atoms with Gasteiger partial charge in [0.2, 0.25) is 0 Å². The summed E-state index contributed by atoms with van der Waals surface area (Å²) in [5.41, 5.74) is 19.8. The van der Waals surface area contributed by atoms with E-state index in [1.54, 1.807) is 0 Å². The number of terminal acetylenes is 2. The minimum absolute atomic E-state index is 0.123. The van der Waals surface area contributed by atoms with Gasteiger partial charge in [0, 0.05) is 100 Å². The average molecular weight is 1230 g/mol. The van der Waals surface area contributed by atoms with E-state index in [2.05, 4.69) is 59.2 Å². The second-order valence-electron chi connectivity index (χ2n) is 23.0. The van der Waals surface area contributed by atoms with E-state index in [4.69, 9.17) is 17.6 Å². The Morgan fingerprint density at radius 3 is 0.546 bits per heavy atom. The van der Waals surface area contributed by atoms with Crippen LogP contribution in [0.25, 0.3) is 44.6 Å². The number of hydrogen-bond donors (Lipinski definition) is 0. The minimum atomic E-state index is -0.123. The second kappa shape index (κ2) is 27.9. The highest BCUT2D eigenvalue weighted by atomic mass is 16.5. The fourth-order valence-corrected chi connectivity index (χ4v) is 12.0. The zero-order valence-electron chi connectivity index (χ0n) is 52.4. The third-order valence-corrected chi connectivity index (χ3v) is 16.8. The number of carbonyl (C=O) groups excluding carboxylic acids is 2. The summed E-state index contributed by atoms with van der Waals surface area (Å²) in [6.07, 6.45) is 11.8. The van der Waals surface area contributed by atoms with E-state index >= 15 is 9.59 Å². The normalized spacial score (nSPS) is 12.3. The van der Waals surface area contributed by atoms with Gasteiger partial charge in [-0.2, -0.15) is 0 Å². The van der Waals surface area contributed by atoms with Crippen LogP contribution in [-0.2, 0) is 9.59 Å². The minimum Gasteiger partial charge on any atom is -0.457 e. The number of ether oxygens (including phenoxy) is 1. The fourth-order valence-electron chi connectivity index (χ4n) is 12.0. The molecular weight excluding hydrogens is 1180 g/mol. The van der Waals surface area contributed by atoms with Gasteiger partial charge in [-0.05, 0) is 190 Å². The standard InChI is InChI=1S/C94H54O3/c1-3-65-33-45-75(46-34-65)85-87(91(81-53-41-73(42-54-81)31-27-69-21-13-7-14-22-69)93(95)89(85)79-49-37-71(38-50-79)29-25-67-17-9-5-10-18-67)77-57-61-83(62-58-77)97-84-63-59-78(60-64-84)88-86(76-47-35-66(4-2)36-48-76)90(80-51-39-72(40-52-80)30-26-68-19-11-6-12-20-68)94(96)92(88)82-55-43-74(44-56-82)32-28-70-23-15-8-16-24-70/h1-2,5-24,33-64H. The number of rotatable bonds is 10. The summed E-state index contributed by atoms with van der Waals surface area (Å²) in [7, 11) is 0. The Balaban J connectivity index is 0.842. The van der Waals surface area contributed by atoms with Gasteiger partial charge in [-0.15, -0.1) is 12.8 Å². The van der Waals surface area contributed by atoms with Crippen molar-refractivity contribution in [2.24, 2.45) is 0 Å². The van der Waals surface area contributed by atoms with Gasteiger partial charge in [0.05, 0.1) is 0 Å². The molecule has 2 aliphatic carbocycles. The first-order valence-corrected chi connectivity index (χ1v) is 31.6. The maximum absolute atomic E-state index is 15.6. The van der Waals surface area contributed by atoms with Gasteiger partial charge >= 0.3 is 0 Å². The molecule has 448 valence electrons. The SMILES string of the molecule is C#Cc1ccc(C2=C(c3ccc(C#Cc4ccccc4)cc3)C(=O)C(c3ccc(C#Cc4ccccc4)cc3)=C2c2ccc(Oc3ccc(C4=C(c5ccc(C#Cc6ccccc6)cc5)C(=O)C(c5ccc(C#Cc6ccccc6)cc5)=C4c4ccc(C#C)cc4)cc3)cc2)cc1. The van der Waals surface area contributed by atoms with Crippen molar-refractivity contribution >= 4 is 56.2 Å². The number of Topliss-reactive ketones (excluding diaryl/α,β-unsaturated/α-hetero) is 2. The van der Waals surface area contributed by atoms with Crippen molar-refractivity contribution in [1.29, 1.82) is 0 Å². The smallest absolute Gasteiger partial charge is 0.195 e. The summed E-state index contributed by atoms with van der Waals surface area (Å²) in [6.45, 7) is 0. The average Bonchev–Trinajstić information content (AvgIpc) is 1.60. The Kier molecular flexibility index (Phi) is 17.5. The Labute approximate surface area is 566 Å². The topological polar surface area (TPSA) is 43.4 Å². The van der Waals surface area contributed by atoms with Crippen molar-refractivity contribution < 1.29 is 14.3 Å². The fraction of sp³-hybridized carbons (Fsp3) is 0. The number of carbonyl (C=O) groups is 2. The summed E-state index contributed by atoms with van der Waals surface area (Å²) in [5.74, 6) is 32.6. The molecular formula is C94H54O3. The van der Waals surface area contributed by atoms with Crippen LogP contribution in [0, 0.1) is 72.1 Å². The summed E-state index contributed by atoms with van der Waals surface area (Å²) in [6, 6.07) is 102. The highest BCUT2D eigenvalue weighted by molar-refractivity contribution is 6.60. The lowest BCUT2D eigenvalue weighted by Crippen LogP contribution is -2.02. The first-order chi connectivity index (χ1) is 47.8.